The molecule has 0 amide bonds. The Labute approximate surface area is 144 Å². The third-order valence-electron chi connectivity index (χ3n) is 3.70. The SMILES string of the molecule is C=C(C)C(=O)OCC[N+](C)(C)Cc1ccc2ccccc2c1.[Cl-]. The molecule has 0 saturated carbocycles. The van der Waals surface area contributed by atoms with Crippen LogP contribution in [0.1, 0.15) is 12.5 Å². The number of likely N-dealkylation sites (N-methyl/N-ethyl adjacent to an activating group) is 1. The van der Waals surface area contributed by atoms with Crippen molar-refractivity contribution in [1.29, 1.82) is 0 Å². The molecule has 0 aliphatic carbocycles. The molecule has 23 heavy (non-hydrogen) atoms. The Morgan fingerprint density at radius 2 is 1.78 bits per heavy atom. The van der Waals surface area contributed by atoms with Gasteiger partial charge in [0, 0.05) is 11.1 Å². The van der Waals surface area contributed by atoms with Crippen LogP contribution in [0.4, 0.5) is 0 Å². The molecule has 0 aromatic heterocycles. The molecular weight excluding hydrogens is 310 g/mol. The standard InChI is InChI=1S/C19H24NO2.ClH/c1-15(2)19(21)22-12-11-20(3,4)14-16-9-10-17-7-5-6-8-18(17)13-16;/h5-10,13H,1,11-12,14H2,2-4H3;1H/q+1;/p-1. The quantitative estimate of drug-likeness (QED) is 0.438. The van der Waals surface area contributed by atoms with E-state index in [0.29, 0.717) is 12.2 Å². The first-order chi connectivity index (χ1) is 10.4. The number of fused-ring (bicyclic) bond motifs is 1. The van der Waals surface area contributed by atoms with Crippen molar-refractivity contribution < 1.29 is 26.4 Å². The van der Waals surface area contributed by atoms with E-state index < -0.39 is 0 Å². The molecule has 0 aliphatic rings. The van der Waals surface area contributed by atoms with Gasteiger partial charge in [0.25, 0.3) is 0 Å². The van der Waals surface area contributed by atoms with Crippen LogP contribution in [-0.4, -0.2) is 37.7 Å². The Morgan fingerprint density at radius 3 is 2.43 bits per heavy atom. The van der Waals surface area contributed by atoms with Crippen LogP contribution < -0.4 is 12.4 Å². The van der Waals surface area contributed by atoms with E-state index in [2.05, 4.69) is 63.1 Å². The molecule has 0 unspecified atom stereocenters. The van der Waals surface area contributed by atoms with Crippen LogP contribution in [-0.2, 0) is 16.1 Å². The van der Waals surface area contributed by atoms with Gasteiger partial charge in [-0.25, -0.2) is 4.79 Å². The van der Waals surface area contributed by atoms with Crippen molar-refractivity contribution in [2.75, 3.05) is 27.2 Å². The highest BCUT2D eigenvalue weighted by Crippen LogP contribution is 2.18. The molecule has 0 spiro atoms. The average Bonchev–Trinajstić information content (AvgIpc) is 2.46. The third kappa shape index (κ3) is 5.70. The minimum absolute atomic E-state index is 0. The molecule has 0 atom stereocenters. The first-order valence-corrected chi connectivity index (χ1v) is 7.50. The van der Waals surface area contributed by atoms with Crippen molar-refractivity contribution in [3.8, 4) is 0 Å². The fourth-order valence-corrected chi connectivity index (χ4v) is 2.42. The maximum absolute atomic E-state index is 11.4. The summed E-state index contributed by atoms with van der Waals surface area (Å²) in [5.74, 6) is -0.314. The maximum atomic E-state index is 11.4. The van der Waals surface area contributed by atoms with E-state index in [4.69, 9.17) is 4.74 Å². The zero-order valence-electron chi connectivity index (χ0n) is 14.0. The van der Waals surface area contributed by atoms with Gasteiger partial charge in [-0.2, -0.15) is 0 Å². The molecule has 4 heteroatoms. The highest BCUT2D eigenvalue weighted by molar-refractivity contribution is 5.86. The van der Waals surface area contributed by atoms with Gasteiger partial charge in [-0.15, -0.1) is 0 Å². The van der Waals surface area contributed by atoms with Crippen molar-refractivity contribution in [2.24, 2.45) is 0 Å². The monoisotopic (exact) mass is 333 g/mol. The zero-order valence-corrected chi connectivity index (χ0v) is 14.8. The molecule has 2 aromatic rings. The lowest BCUT2D eigenvalue weighted by molar-refractivity contribution is -0.903. The van der Waals surface area contributed by atoms with Crippen molar-refractivity contribution >= 4 is 16.7 Å². The lowest BCUT2D eigenvalue weighted by Gasteiger charge is -2.29. The van der Waals surface area contributed by atoms with E-state index in [0.717, 1.165) is 17.6 Å². The number of hydrogen-bond donors (Lipinski definition) is 0. The van der Waals surface area contributed by atoms with E-state index >= 15 is 0 Å². The molecule has 2 aromatic carbocycles. The summed E-state index contributed by atoms with van der Waals surface area (Å²) < 4.78 is 5.96. The predicted octanol–water partition coefficient (Wildman–Crippen LogP) is 0.540. The van der Waals surface area contributed by atoms with E-state index in [-0.39, 0.29) is 18.4 Å². The fraction of sp³-hybridized carbons (Fsp3) is 0.316. The van der Waals surface area contributed by atoms with Crippen LogP contribution in [0.3, 0.4) is 0 Å². The second kappa shape index (κ2) is 8.14. The Hall–Kier alpha value is -1.84. The van der Waals surface area contributed by atoms with Crippen LogP contribution in [0.15, 0.2) is 54.6 Å². The Morgan fingerprint density at radius 1 is 1.13 bits per heavy atom. The van der Waals surface area contributed by atoms with Gasteiger partial charge in [0.2, 0.25) is 0 Å². The van der Waals surface area contributed by atoms with E-state index in [9.17, 15) is 4.79 Å². The van der Waals surface area contributed by atoms with Crippen LogP contribution >= 0.6 is 0 Å². The highest BCUT2D eigenvalue weighted by atomic mass is 35.5. The zero-order chi connectivity index (χ0) is 16.2. The minimum Gasteiger partial charge on any atom is -1.00 e. The number of nitrogens with zero attached hydrogens (tertiary/aromatic N) is 1. The second-order valence-electron chi connectivity index (χ2n) is 6.42. The van der Waals surface area contributed by atoms with Crippen LogP contribution in [0, 0.1) is 0 Å². The number of rotatable bonds is 6. The molecule has 0 aliphatic heterocycles. The maximum Gasteiger partial charge on any atom is 0.333 e. The normalized spacial score (nSPS) is 10.9. The van der Waals surface area contributed by atoms with Crippen molar-refractivity contribution in [2.45, 2.75) is 13.5 Å². The molecule has 3 nitrogen and oxygen atoms in total. The fourth-order valence-electron chi connectivity index (χ4n) is 2.42. The Balaban J connectivity index is 0.00000264. The van der Waals surface area contributed by atoms with Gasteiger partial charge in [-0.05, 0) is 23.8 Å². The summed E-state index contributed by atoms with van der Waals surface area (Å²) in [5.41, 5.74) is 1.73. The lowest BCUT2D eigenvalue weighted by atomic mass is 10.1. The summed E-state index contributed by atoms with van der Waals surface area (Å²) in [7, 11) is 4.29. The number of carbonyl (C=O) groups is 1. The topological polar surface area (TPSA) is 26.3 Å². The molecule has 0 bridgehead atoms. The smallest absolute Gasteiger partial charge is 0.333 e. The Kier molecular flexibility index (Phi) is 6.79. The van der Waals surface area contributed by atoms with Crippen molar-refractivity contribution in [3.63, 3.8) is 0 Å². The average molecular weight is 334 g/mol. The van der Waals surface area contributed by atoms with Crippen LogP contribution in [0.25, 0.3) is 10.8 Å². The number of esters is 1. The molecule has 0 saturated heterocycles. The molecule has 0 N–H and O–H groups in total. The van der Waals surface area contributed by atoms with Crippen molar-refractivity contribution in [1.82, 2.24) is 0 Å². The summed E-state index contributed by atoms with van der Waals surface area (Å²) in [5, 5.41) is 2.51. The molecule has 0 heterocycles. The first-order valence-electron chi connectivity index (χ1n) is 7.50. The van der Waals surface area contributed by atoms with Gasteiger partial charge in [0.1, 0.15) is 19.7 Å². The number of benzene rings is 2. The number of carbonyl (C=O) groups excluding carboxylic acids is 1. The van der Waals surface area contributed by atoms with E-state index in [1.165, 1.54) is 16.3 Å². The molecule has 0 radical (unpaired) electrons. The predicted molar refractivity (Wildman–Crippen MR) is 90.4 cm³/mol. The summed E-state index contributed by atoms with van der Waals surface area (Å²) in [6, 6.07) is 14.9. The molecular formula is C19H24ClNO2. The largest absolute Gasteiger partial charge is 1.00 e. The number of quaternary nitrogens is 1. The van der Waals surface area contributed by atoms with E-state index in [1.807, 2.05) is 0 Å². The minimum atomic E-state index is -0.314. The number of halogens is 1. The molecule has 124 valence electrons. The lowest BCUT2D eigenvalue weighted by Crippen LogP contribution is -3.00. The molecule has 2 rings (SSSR count). The van der Waals surface area contributed by atoms with Crippen molar-refractivity contribution in [3.05, 3.63) is 60.2 Å². The Bertz CT molecular complexity index is 695. The van der Waals surface area contributed by atoms with E-state index in [1.54, 1.807) is 6.92 Å². The third-order valence-corrected chi connectivity index (χ3v) is 3.70. The van der Waals surface area contributed by atoms with Crippen LogP contribution in [0.5, 0.6) is 0 Å². The highest BCUT2D eigenvalue weighted by Gasteiger charge is 2.17. The summed E-state index contributed by atoms with van der Waals surface area (Å²) >= 11 is 0. The van der Waals surface area contributed by atoms with Gasteiger partial charge < -0.3 is 21.6 Å². The van der Waals surface area contributed by atoms with Gasteiger partial charge >= 0.3 is 5.97 Å². The summed E-state index contributed by atoms with van der Waals surface area (Å²) in [4.78, 5) is 11.4. The second-order valence-corrected chi connectivity index (χ2v) is 6.42. The van der Waals surface area contributed by atoms with Gasteiger partial charge in [-0.3, -0.25) is 0 Å². The van der Waals surface area contributed by atoms with Gasteiger partial charge in [0.05, 0.1) is 14.1 Å². The number of ether oxygens (including phenoxy) is 1. The first kappa shape index (κ1) is 19.2. The molecule has 0 fully saturated rings. The van der Waals surface area contributed by atoms with Crippen LogP contribution in [0.2, 0.25) is 0 Å². The summed E-state index contributed by atoms with van der Waals surface area (Å²) in [6.07, 6.45) is 0. The summed E-state index contributed by atoms with van der Waals surface area (Å²) in [6.45, 7) is 7.33. The van der Waals surface area contributed by atoms with Gasteiger partial charge in [0.15, 0.2) is 0 Å². The number of hydrogen-bond acceptors (Lipinski definition) is 2. The van der Waals surface area contributed by atoms with Gasteiger partial charge in [-0.1, -0.05) is 43.0 Å².